The lowest BCUT2D eigenvalue weighted by molar-refractivity contribution is -0.141. The third kappa shape index (κ3) is 3.00. The second kappa shape index (κ2) is 5.00. The molecule has 0 bridgehead atoms. The summed E-state index contributed by atoms with van der Waals surface area (Å²) in [5, 5.41) is 18.7. The predicted molar refractivity (Wildman–Crippen MR) is 68.7 cm³/mol. The molecule has 0 saturated carbocycles. The van der Waals surface area contributed by atoms with Gasteiger partial charge in [0.05, 0.1) is 6.10 Å². The van der Waals surface area contributed by atoms with Crippen LogP contribution in [-0.4, -0.2) is 63.8 Å². The molecule has 0 spiro atoms. The van der Waals surface area contributed by atoms with Crippen LogP contribution in [-0.2, 0) is 4.79 Å². The van der Waals surface area contributed by atoms with E-state index in [1.807, 2.05) is 0 Å². The number of carbonyl (C=O) groups excluding carboxylic acids is 1. The molecular formula is C13H22N2O4. The Labute approximate surface area is 113 Å². The molecule has 0 unspecified atom stereocenters. The molecule has 0 radical (unpaired) electrons. The molecule has 6 nitrogen and oxygen atoms in total. The number of aliphatic carboxylic acids is 1. The van der Waals surface area contributed by atoms with Gasteiger partial charge in [-0.1, -0.05) is 13.8 Å². The summed E-state index contributed by atoms with van der Waals surface area (Å²) in [6.07, 6.45) is 1.40. The van der Waals surface area contributed by atoms with Gasteiger partial charge < -0.3 is 20.0 Å². The number of hydrogen-bond donors (Lipinski definition) is 2. The van der Waals surface area contributed by atoms with Gasteiger partial charge in [-0.2, -0.15) is 0 Å². The van der Waals surface area contributed by atoms with Gasteiger partial charge in [0.1, 0.15) is 6.04 Å². The highest BCUT2D eigenvalue weighted by atomic mass is 16.4. The van der Waals surface area contributed by atoms with Crippen molar-refractivity contribution in [2.45, 2.75) is 45.3 Å². The van der Waals surface area contributed by atoms with Crippen LogP contribution in [0.2, 0.25) is 0 Å². The van der Waals surface area contributed by atoms with Crippen molar-refractivity contribution >= 4 is 12.0 Å². The fourth-order valence-corrected chi connectivity index (χ4v) is 3.03. The second-order valence-electron chi connectivity index (χ2n) is 6.37. The van der Waals surface area contributed by atoms with Gasteiger partial charge in [0, 0.05) is 26.1 Å². The normalized spacial score (nSPS) is 30.5. The highest BCUT2D eigenvalue weighted by molar-refractivity contribution is 5.83. The maximum Gasteiger partial charge on any atom is 0.326 e. The Morgan fingerprint density at radius 1 is 1.32 bits per heavy atom. The SMILES string of the molecule is CC1(C)CCCN(C(=O)N2C[C@H](O)C[C@H]2C(=O)O)C1. The Bertz CT molecular complexity index is 383. The monoisotopic (exact) mass is 270 g/mol. The van der Waals surface area contributed by atoms with Gasteiger partial charge in [0.2, 0.25) is 0 Å². The number of urea groups is 1. The van der Waals surface area contributed by atoms with Gasteiger partial charge in [0.25, 0.3) is 0 Å². The van der Waals surface area contributed by atoms with Crippen molar-refractivity contribution in [3.05, 3.63) is 0 Å². The number of likely N-dealkylation sites (tertiary alicyclic amines) is 2. The molecular weight excluding hydrogens is 248 g/mol. The van der Waals surface area contributed by atoms with Crippen molar-refractivity contribution < 1.29 is 19.8 Å². The molecule has 2 aliphatic rings. The molecule has 2 N–H and O–H groups in total. The highest BCUT2D eigenvalue weighted by Gasteiger charge is 2.42. The van der Waals surface area contributed by atoms with Crippen LogP contribution in [0.4, 0.5) is 4.79 Å². The number of rotatable bonds is 1. The minimum atomic E-state index is -1.04. The fourth-order valence-electron chi connectivity index (χ4n) is 3.03. The summed E-state index contributed by atoms with van der Waals surface area (Å²) >= 11 is 0. The number of aliphatic hydroxyl groups is 1. The van der Waals surface area contributed by atoms with Gasteiger partial charge in [0.15, 0.2) is 0 Å². The zero-order valence-corrected chi connectivity index (χ0v) is 11.5. The number of amides is 2. The first-order chi connectivity index (χ1) is 8.80. The van der Waals surface area contributed by atoms with Crippen molar-refractivity contribution in [3.8, 4) is 0 Å². The van der Waals surface area contributed by atoms with Crippen molar-refractivity contribution in [1.29, 1.82) is 0 Å². The number of aliphatic hydroxyl groups excluding tert-OH is 1. The molecule has 0 aromatic carbocycles. The van der Waals surface area contributed by atoms with Gasteiger partial charge in [-0.15, -0.1) is 0 Å². The molecule has 2 rings (SSSR count). The smallest absolute Gasteiger partial charge is 0.326 e. The lowest BCUT2D eigenvalue weighted by Gasteiger charge is -2.40. The van der Waals surface area contributed by atoms with Crippen molar-refractivity contribution in [1.82, 2.24) is 9.80 Å². The summed E-state index contributed by atoms with van der Waals surface area (Å²) in [7, 11) is 0. The van der Waals surface area contributed by atoms with E-state index in [1.165, 1.54) is 4.90 Å². The molecule has 2 saturated heterocycles. The number of carbonyl (C=O) groups is 2. The Hall–Kier alpha value is -1.30. The van der Waals surface area contributed by atoms with Crippen molar-refractivity contribution in [2.75, 3.05) is 19.6 Å². The molecule has 0 aromatic rings. The average molecular weight is 270 g/mol. The number of hydrogen-bond acceptors (Lipinski definition) is 3. The summed E-state index contributed by atoms with van der Waals surface area (Å²) in [6.45, 7) is 5.65. The summed E-state index contributed by atoms with van der Waals surface area (Å²) in [6, 6.07) is -1.15. The summed E-state index contributed by atoms with van der Waals surface area (Å²) < 4.78 is 0. The van der Waals surface area contributed by atoms with Gasteiger partial charge in [-0.05, 0) is 18.3 Å². The minimum Gasteiger partial charge on any atom is -0.480 e. The largest absolute Gasteiger partial charge is 0.480 e. The van der Waals surface area contributed by atoms with Crippen LogP contribution in [0.5, 0.6) is 0 Å². The van der Waals surface area contributed by atoms with Crippen LogP contribution >= 0.6 is 0 Å². The summed E-state index contributed by atoms with van der Waals surface area (Å²) in [4.78, 5) is 26.6. The second-order valence-corrected chi connectivity index (χ2v) is 6.37. The molecule has 2 amide bonds. The Balaban J connectivity index is 2.08. The molecule has 2 atom stereocenters. The van der Waals surface area contributed by atoms with Gasteiger partial charge in [-0.3, -0.25) is 0 Å². The van der Waals surface area contributed by atoms with E-state index >= 15 is 0 Å². The summed E-state index contributed by atoms with van der Waals surface area (Å²) in [5.74, 6) is -1.04. The number of carboxylic acid groups (broad SMARTS) is 1. The van der Waals surface area contributed by atoms with Crippen LogP contribution in [0, 0.1) is 5.41 Å². The lowest BCUT2D eigenvalue weighted by atomic mass is 9.84. The van der Waals surface area contributed by atoms with Crippen LogP contribution in [0.15, 0.2) is 0 Å². The van der Waals surface area contributed by atoms with Crippen LogP contribution in [0.1, 0.15) is 33.1 Å². The third-order valence-electron chi connectivity index (χ3n) is 3.98. The molecule has 2 aliphatic heterocycles. The highest BCUT2D eigenvalue weighted by Crippen LogP contribution is 2.30. The zero-order valence-electron chi connectivity index (χ0n) is 11.5. The third-order valence-corrected chi connectivity index (χ3v) is 3.98. The molecule has 19 heavy (non-hydrogen) atoms. The first-order valence-electron chi connectivity index (χ1n) is 6.76. The molecule has 0 aliphatic carbocycles. The van der Waals surface area contributed by atoms with E-state index in [-0.39, 0.29) is 24.4 Å². The Kier molecular flexibility index (Phi) is 3.71. The maximum absolute atomic E-state index is 12.4. The number of carboxylic acids is 1. The van der Waals surface area contributed by atoms with Crippen LogP contribution in [0.3, 0.4) is 0 Å². The molecule has 2 heterocycles. The standard InChI is InChI=1S/C13H22N2O4/c1-13(2)4-3-5-14(8-13)12(19)15-7-9(16)6-10(15)11(17)18/h9-10,16H,3-8H2,1-2H3,(H,17,18)/t9-,10+/m1/s1. The van der Waals surface area contributed by atoms with E-state index in [4.69, 9.17) is 5.11 Å². The molecule has 0 aromatic heterocycles. The molecule has 2 fully saturated rings. The van der Waals surface area contributed by atoms with Gasteiger partial charge >= 0.3 is 12.0 Å². The number of nitrogens with zero attached hydrogens (tertiary/aromatic N) is 2. The van der Waals surface area contributed by atoms with Crippen molar-refractivity contribution in [3.63, 3.8) is 0 Å². The number of β-amino-alcohol motifs (C(OH)–C–C–N with tert-alkyl or cyclic N) is 1. The lowest BCUT2D eigenvalue weighted by Crippen LogP contribution is -2.52. The van der Waals surface area contributed by atoms with Crippen LogP contribution < -0.4 is 0 Å². The quantitative estimate of drug-likeness (QED) is 0.736. The van der Waals surface area contributed by atoms with Gasteiger partial charge in [-0.25, -0.2) is 9.59 Å². The number of piperidine rings is 1. The van der Waals surface area contributed by atoms with Crippen LogP contribution in [0.25, 0.3) is 0 Å². The summed E-state index contributed by atoms with van der Waals surface area (Å²) in [5.41, 5.74) is 0.0744. The Morgan fingerprint density at radius 3 is 2.58 bits per heavy atom. The maximum atomic E-state index is 12.4. The first-order valence-corrected chi connectivity index (χ1v) is 6.76. The van der Waals surface area contributed by atoms with E-state index in [0.717, 1.165) is 12.8 Å². The van der Waals surface area contributed by atoms with E-state index < -0.39 is 18.1 Å². The molecule has 6 heteroatoms. The minimum absolute atomic E-state index is 0.0744. The van der Waals surface area contributed by atoms with Crippen molar-refractivity contribution in [2.24, 2.45) is 5.41 Å². The molecule has 108 valence electrons. The zero-order chi connectivity index (χ0) is 14.2. The average Bonchev–Trinajstić information content (AvgIpc) is 2.69. The Morgan fingerprint density at radius 2 is 2.00 bits per heavy atom. The van der Waals surface area contributed by atoms with E-state index in [0.29, 0.717) is 13.1 Å². The van der Waals surface area contributed by atoms with E-state index in [1.54, 1.807) is 4.90 Å². The topological polar surface area (TPSA) is 81.1 Å². The fraction of sp³-hybridized carbons (Fsp3) is 0.846. The first kappa shape index (κ1) is 14.1. The van der Waals surface area contributed by atoms with E-state index in [9.17, 15) is 14.7 Å². The van der Waals surface area contributed by atoms with E-state index in [2.05, 4.69) is 13.8 Å². The predicted octanol–water partition coefficient (Wildman–Crippen LogP) is 0.748.